The summed E-state index contributed by atoms with van der Waals surface area (Å²) in [6, 6.07) is 1.90. The first kappa shape index (κ1) is 16.7. The second kappa shape index (κ2) is 7.61. The summed E-state index contributed by atoms with van der Waals surface area (Å²) in [6.07, 6.45) is 6.53. The zero-order valence-electron chi connectivity index (χ0n) is 14.2. The lowest BCUT2D eigenvalue weighted by molar-refractivity contribution is 0.0787. The molecule has 0 spiro atoms. The van der Waals surface area contributed by atoms with E-state index in [0.717, 1.165) is 67.6 Å². The van der Waals surface area contributed by atoms with Crippen LogP contribution in [0.1, 0.15) is 41.7 Å². The van der Waals surface area contributed by atoms with Crippen LogP contribution in [0.5, 0.6) is 0 Å². The maximum atomic E-state index is 12.4. The molecule has 0 radical (unpaired) electrons. The average molecular weight is 361 g/mol. The highest BCUT2D eigenvalue weighted by Crippen LogP contribution is 2.18. The monoisotopic (exact) mass is 361 g/mol. The van der Waals surface area contributed by atoms with Crippen LogP contribution in [-0.4, -0.2) is 64.8 Å². The number of amides is 1. The fraction of sp³-hybridized carbons (Fsp3) is 0.588. The molecule has 8 heteroatoms. The Morgan fingerprint density at radius 1 is 1.40 bits per heavy atom. The average Bonchev–Trinajstić information content (AvgIpc) is 3.42. The molecule has 4 rings (SSSR count). The van der Waals surface area contributed by atoms with Crippen molar-refractivity contribution in [3.8, 4) is 0 Å². The minimum Gasteiger partial charge on any atom is -0.376 e. The van der Waals surface area contributed by atoms with E-state index in [9.17, 15) is 4.79 Å². The van der Waals surface area contributed by atoms with Gasteiger partial charge in [0.15, 0.2) is 5.17 Å². The lowest BCUT2D eigenvalue weighted by Gasteiger charge is -2.15. The van der Waals surface area contributed by atoms with Crippen molar-refractivity contribution in [1.29, 1.82) is 0 Å². The van der Waals surface area contributed by atoms with Crippen LogP contribution in [0.2, 0.25) is 0 Å². The topological polar surface area (TPSA) is 82.1 Å². The highest BCUT2D eigenvalue weighted by atomic mass is 32.2. The Morgan fingerprint density at radius 2 is 2.28 bits per heavy atom. The molecule has 2 N–H and O–H groups in total. The number of carbonyl (C=O) groups excluding carboxylic acids is 1. The molecule has 1 aromatic rings. The van der Waals surface area contributed by atoms with Crippen molar-refractivity contribution in [2.24, 2.45) is 10.1 Å². The van der Waals surface area contributed by atoms with Gasteiger partial charge >= 0.3 is 0 Å². The van der Waals surface area contributed by atoms with Gasteiger partial charge in [-0.2, -0.15) is 5.10 Å². The van der Waals surface area contributed by atoms with E-state index in [-0.39, 0.29) is 12.0 Å². The van der Waals surface area contributed by atoms with Crippen molar-refractivity contribution in [3.63, 3.8) is 0 Å². The van der Waals surface area contributed by atoms with Crippen molar-refractivity contribution in [3.05, 3.63) is 23.5 Å². The van der Waals surface area contributed by atoms with E-state index in [1.807, 2.05) is 17.2 Å². The number of aromatic nitrogens is 1. The molecule has 0 aromatic carbocycles. The molecule has 2 saturated heterocycles. The van der Waals surface area contributed by atoms with Crippen LogP contribution in [0.25, 0.3) is 0 Å². The number of hydrazone groups is 1. The second-order valence-corrected chi connectivity index (χ2v) is 7.51. The molecule has 134 valence electrons. The Morgan fingerprint density at radius 3 is 3.00 bits per heavy atom. The summed E-state index contributed by atoms with van der Waals surface area (Å²) >= 11 is 1.64. The van der Waals surface area contributed by atoms with Gasteiger partial charge in [0.05, 0.1) is 18.4 Å². The van der Waals surface area contributed by atoms with Gasteiger partial charge < -0.3 is 14.6 Å². The number of hydrogen-bond donors (Lipinski definition) is 2. The number of hydrogen-bond acceptors (Lipinski definition) is 5. The van der Waals surface area contributed by atoms with Crippen LogP contribution in [0.3, 0.4) is 0 Å². The predicted octanol–water partition coefficient (Wildman–Crippen LogP) is 1.83. The number of aliphatic imine (C=N–C) groups is 1. The molecule has 1 amide bonds. The predicted molar refractivity (Wildman–Crippen MR) is 99.3 cm³/mol. The van der Waals surface area contributed by atoms with Gasteiger partial charge in [0.1, 0.15) is 5.69 Å². The Balaban J connectivity index is 1.36. The first-order valence-electron chi connectivity index (χ1n) is 8.89. The zero-order chi connectivity index (χ0) is 17.1. The molecule has 2 fully saturated rings. The van der Waals surface area contributed by atoms with Gasteiger partial charge in [-0.1, -0.05) is 11.8 Å². The van der Waals surface area contributed by atoms with E-state index in [1.54, 1.807) is 11.8 Å². The van der Waals surface area contributed by atoms with Crippen LogP contribution in [0.15, 0.2) is 22.4 Å². The zero-order valence-corrected chi connectivity index (χ0v) is 15.0. The van der Waals surface area contributed by atoms with Gasteiger partial charge in [0, 0.05) is 37.2 Å². The molecule has 4 heterocycles. The number of amidine groups is 1. The Labute approximate surface area is 151 Å². The van der Waals surface area contributed by atoms with E-state index in [0.29, 0.717) is 12.2 Å². The van der Waals surface area contributed by atoms with Crippen molar-refractivity contribution >= 4 is 28.5 Å². The van der Waals surface area contributed by atoms with E-state index < -0.39 is 0 Å². The van der Waals surface area contributed by atoms with Crippen LogP contribution in [0.4, 0.5) is 0 Å². The Hall–Kier alpha value is -1.80. The summed E-state index contributed by atoms with van der Waals surface area (Å²) in [5.74, 6) is 0.826. The molecule has 1 unspecified atom stereocenters. The Bertz CT molecular complexity index is 687. The second-order valence-electron chi connectivity index (χ2n) is 6.54. The number of likely N-dealkylation sites (tertiary alicyclic amines) is 1. The summed E-state index contributed by atoms with van der Waals surface area (Å²) in [6.45, 7) is 3.26. The van der Waals surface area contributed by atoms with Gasteiger partial charge in [-0.15, -0.1) is 0 Å². The van der Waals surface area contributed by atoms with E-state index in [1.165, 1.54) is 0 Å². The lowest BCUT2D eigenvalue weighted by Crippen LogP contribution is -2.28. The smallest absolute Gasteiger partial charge is 0.270 e. The summed E-state index contributed by atoms with van der Waals surface area (Å²) in [5, 5.41) is 5.26. The number of nitrogens with one attached hydrogen (secondary N) is 2. The highest BCUT2D eigenvalue weighted by Gasteiger charge is 2.22. The molecule has 0 aliphatic carbocycles. The SMILES string of the molecule is O=C(c1cc(C2=NNC(=NCC3CCCO3)SC2)c[nH]1)N1CCCC1. The van der Waals surface area contributed by atoms with Gasteiger partial charge in [0.2, 0.25) is 0 Å². The molecular weight excluding hydrogens is 338 g/mol. The fourth-order valence-electron chi connectivity index (χ4n) is 3.29. The van der Waals surface area contributed by atoms with E-state index >= 15 is 0 Å². The van der Waals surface area contributed by atoms with Crippen molar-refractivity contribution in [2.75, 3.05) is 32.0 Å². The number of carbonyl (C=O) groups is 1. The first-order chi connectivity index (χ1) is 12.3. The molecular formula is C17H23N5O2S. The Kier molecular flexibility index (Phi) is 5.07. The van der Waals surface area contributed by atoms with Crippen LogP contribution >= 0.6 is 11.8 Å². The van der Waals surface area contributed by atoms with Gasteiger partial charge in [-0.25, -0.2) is 0 Å². The summed E-state index contributed by atoms with van der Waals surface area (Å²) < 4.78 is 5.58. The first-order valence-corrected chi connectivity index (χ1v) is 9.87. The number of H-pyrrole nitrogens is 1. The third-order valence-corrected chi connectivity index (χ3v) is 5.65. The maximum Gasteiger partial charge on any atom is 0.270 e. The largest absolute Gasteiger partial charge is 0.376 e. The number of nitrogens with zero attached hydrogens (tertiary/aromatic N) is 3. The standard InChI is InChI=1S/C17H23N5O2S/c23-16(22-5-1-2-6-22)14-8-12(9-18-14)15-11-25-17(21-20-15)19-10-13-4-3-7-24-13/h8-9,13,18H,1-7,10-11H2,(H,19,21). The molecule has 0 saturated carbocycles. The maximum absolute atomic E-state index is 12.4. The van der Waals surface area contributed by atoms with Crippen molar-refractivity contribution in [1.82, 2.24) is 15.3 Å². The van der Waals surface area contributed by atoms with Crippen LogP contribution < -0.4 is 5.43 Å². The molecule has 7 nitrogen and oxygen atoms in total. The lowest BCUT2D eigenvalue weighted by atomic mass is 10.2. The molecule has 3 aliphatic heterocycles. The molecule has 1 aromatic heterocycles. The summed E-state index contributed by atoms with van der Waals surface area (Å²) in [7, 11) is 0. The van der Waals surface area contributed by atoms with Crippen LogP contribution in [-0.2, 0) is 4.74 Å². The number of thioether (sulfide) groups is 1. The fourth-order valence-corrected chi connectivity index (χ4v) is 4.07. The molecule has 0 bridgehead atoms. The number of rotatable bonds is 4. The third-order valence-electron chi connectivity index (χ3n) is 4.73. The number of aromatic amines is 1. The molecule has 1 atom stereocenters. The van der Waals surface area contributed by atoms with Gasteiger partial charge in [-0.05, 0) is 31.7 Å². The number of ether oxygens (including phenoxy) is 1. The van der Waals surface area contributed by atoms with Gasteiger partial charge in [-0.3, -0.25) is 15.2 Å². The van der Waals surface area contributed by atoms with E-state index in [4.69, 9.17) is 4.74 Å². The summed E-state index contributed by atoms with van der Waals surface area (Å²) in [4.78, 5) is 22.0. The summed E-state index contributed by atoms with van der Waals surface area (Å²) in [5.41, 5.74) is 5.55. The molecule has 25 heavy (non-hydrogen) atoms. The van der Waals surface area contributed by atoms with Crippen molar-refractivity contribution in [2.45, 2.75) is 31.8 Å². The third kappa shape index (κ3) is 3.90. The van der Waals surface area contributed by atoms with Crippen LogP contribution in [0, 0.1) is 0 Å². The minimum atomic E-state index is 0.0830. The van der Waals surface area contributed by atoms with E-state index in [2.05, 4.69) is 20.5 Å². The highest BCUT2D eigenvalue weighted by molar-refractivity contribution is 8.14. The normalized spacial score (nSPS) is 25.3. The van der Waals surface area contributed by atoms with Crippen molar-refractivity contribution < 1.29 is 9.53 Å². The quantitative estimate of drug-likeness (QED) is 0.857. The van der Waals surface area contributed by atoms with Gasteiger partial charge in [0.25, 0.3) is 5.91 Å². The minimum absolute atomic E-state index is 0.0830. The molecule has 3 aliphatic rings.